The third-order valence-electron chi connectivity index (χ3n) is 3.19. The molecule has 13 heavy (non-hydrogen) atoms. The van der Waals surface area contributed by atoms with Gasteiger partial charge in [0.1, 0.15) is 5.76 Å². The molecule has 2 aliphatic carbocycles. The Kier molecular flexibility index (Phi) is 1.31. The highest BCUT2D eigenvalue weighted by Gasteiger charge is 2.38. The average Bonchev–Trinajstić information content (AvgIpc) is 2.77. The van der Waals surface area contributed by atoms with Crippen LogP contribution in [-0.2, 0) is 0 Å². The van der Waals surface area contributed by atoms with Gasteiger partial charge in [0.2, 0.25) is 0 Å². The molecule has 1 aromatic rings. The summed E-state index contributed by atoms with van der Waals surface area (Å²) in [5.41, 5.74) is 5.45. The van der Waals surface area contributed by atoms with Gasteiger partial charge >= 0.3 is 0 Å². The number of oxazole rings is 1. The van der Waals surface area contributed by atoms with Crippen LogP contribution in [0, 0.1) is 11.8 Å². The van der Waals surface area contributed by atoms with E-state index in [1.807, 2.05) is 0 Å². The lowest BCUT2D eigenvalue weighted by atomic mass is 9.92. The molecule has 0 spiro atoms. The molecule has 0 saturated heterocycles. The van der Waals surface area contributed by atoms with Gasteiger partial charge in [0.15, 0.2) is 0 Å². The minimum atomic E-state index is 0.293. The van der Waals surface area contributed by atoms with Crippen LogP contribution in [0.25, 0.3) is 0 Å². The first-order valence-electron chi connectivity index (χ1n) is 4.72. The summed E-state index contributed by atoms with van der Waals surface area (Å²) in [6.07, 6.45) is 8.88. The molecule has 0 radical (unpaired) electrons. The number of nitrogens with two attached hydrogens (primary N) is 1. The third kappa shape index (κ3) is 0.996. The highest BCUT2D eigenvalue weighted by molar-refractivity contribution is 5.22. The van der Waals surface area contributed by atoms with E-state index in [0.29, 0.717) is 17.9 Å². The SMILES string of the molecule is Nc1ncc(C2CC3C=CC2C3)o1. The Balaban J connectivity index is 1.91. The Morgan fingerprint density at radius 2 is 2.31 bits per heavy atom. The summed E-state index contributed by atoms with van der Waals surface area (Å²) in [5, 5.41) is 0. The molecular weight excluding hydrogens is 164 g/mol. The first-order valence-corrected chi connectivity index (χ1v) is 4.72. The van der Waals surface area contributed by atoms with Crippen molar-refractivity contribution in [3.63, 3.8) is 0 Å². The number of aromatic nitrogens is 1. The van der Waals surface area contributed by atoms with Gasteiger partial charge in [-0.25, -0.2) is 4.98 Å². The van der Waals surface area contributed by atoms with Gasteiger partial charge < -0.3 is 10.2 Å². The van der Waals surface area contributed by atoms with Gasteiger partial charge in [-0.15, -0.1) is 0 Å². The lowest BCUT2D eigenvalue weighted by Crippen LogP contribution is -2.03. The van der Waals surface area contributed by atoms with E-state index in [2.05, 4.69) is 17.1 Å². The maximum absolute atomic E-state index is 5.45. The van der Waals surface area contributed by atoms with Crippen LogP contribution in [0.3, 0.4) is 0 Å². The standard InChI is InChI=1S/C10H12N2O/c11-10-12-5-9(13-10)8-4-6-1-2-7(8)3-6/h1-2,5-8H,3-4H2,(H2,11,12). The van der Waals surface area contributed by atoms with Crippen LogP contribution in [0.15, 0.2) is 22.8 Å². The maximum Gasteiger partial charge on any atom is 0.292 e. The van der Waals surface area contributed by atoms with E-state index in [0.717, 1.165) is 11.7 Å². The first kappa shape index (κ1) is 7.18. The van der Waals surface area contributed by atoms with Gasteiger partial charge in [-0.2, -0.15) is 0 Å². The van der Waals surface area contributed by atoms with E-state index >= 15 is 0 Å². The van der Waals surface area contributed by atoms with Gasteiger partial charge in [-0.3, -0.25) is 0 Å². The van der Waals surface area contributed by atoms with E-state index in [1.54, 1.807) is 6.20 Å². The number of hydrogen-bond donors (Lipinski definition) is 1. The fourth-order valence-electron chi connectivity index (χ4n) is 2.58. The Hall–Kier alpha value is -1.25. The van der Waals surface area contributed by atoms with Crippen molar-refractivity contribution in [2.24, 2.45) is 11.8 Å². The molecule has 3 atom stereocenters. The molecular formula is C10H12N2O. The second-order valence-corrected chi connectivity index (χ2v) is 3.99. The van der Waals surface area contributed by atoms with Crippen LogP contribution < -0.4 is 5.73 Å². The normalized spacial score (nSPS) is 35.8. The van der Waals surface area contributed by atoms with Crippen LogP contribution in [0.1, 0.15) is 24.5 Å². The molecule has 2 aliphatic rings. The third-order valence-corrected chi connectivity index (χ3v) is 3.19. The predicted molar refractivity (Wildman–Crippen MR) is 49.0 cm³/mol. The van der Waals surface area contributed by atoms with E-state index in [9.17, 15) is 0 Å². The number of anilines is 1. The number of allylic oxidation sites excluding steroid dienone is 2. The Bertz CT molecular complexity index is 356. The number of nitrogen functional groups attached to an aromatic ring is 1. The summed E-state index contributed by atoms with van der Waals surface area (Å²) >= 11 is 0. The molecule has 0 aromatic carbocycles. The Labute approximate surface area is 76.6 Å². The number of fused-ring (bicyclic) bond motifs is 2. The van der Waals surface area contributed by atoms with Crippen LogP contribution in [0.2, 0.25) is 0 Å². The predicted octanol–water partition coefficient (Wildman–Crippen LogP) is 1.94. The topological polar surface area (TPSA) is 52.0 Å². The van der Waals surface area contributed by atoms with Gasteiger partial charge in [0.25, 0.3) is 6.01 Å². The monoisotopic (exact) mass is 176 g/mol. The lowest BCUT2D eigenvalue weighted by molar-refractivity contribution is 0.437. The summed E-state index contributed by atoms with van der Waals surface area (Å²) in [6, 6.07) is 0.293. The van der Waals surface area contributed by atoms with Crippen molar-refractivity contribution in [1.29, 1.82) is 0 Å². The highest BCUT2D eigenvalue weighted by Crippen LogP contribution is 2.48. The lowest BCUT2D eigenvalue weighted by Gasteiger charge is -2.13. The minimum absolute atomic E-state index is 0.293. The zero-order valence-electron chi connectivity index (χ0n) is 7.31. The van der Waals surface area contributed by atoms with Crippen molar-refractivity contribution >= 4 is 6.01 Å². The van der Waals surface area contributed by atoms with Crippen LogP contribution in [0.5, 0.6) is 0 Å². The largest absolute Gasteiger partial charge is 0.429 e. The van der Waals surface area contributed by atoms with Crippen molar-refractivity contribution in [2.75, 3.05) is 5.73 Å². The molecule has 3 nitrogen and oxygen atoms in total. The first-order chi connectivity index (χ1) is 6.33. The fraction of sp³-hybridized carbons (Fsp3) is 0.500. The summed E-state index contributed by atoms with van der Waals surface area (Å²) in [6.45, 7) is 0. The van der Waals surface area contributed by atoms with E-state index in [4.69, 9.17) is 10.2 Å². The van der Waals surface area contributed by atoms with Crippen LogP contribution in [-0.4, -0.2) is 4.98 Å². The number of nitrogens with zero attached hydrogens (tertiary/aromatic N) is 1. The zero-order valence-corrected chi connectivity index (χ0v) is 7.31. The molecule has 0 aliphatic heterocycles. The zero-order chi connectivity index (χ0) is 8.84. The van der Waals surface area contributed by atoms with Gasteiger partial charge in [0, 0.05) is 5.92 Å². The summed E-state index contributed by atoms with van der Waals surface area (Å²) in [5.74, 6) is 2.92. The van der Waals surface area contributed by atoms with E-state index in [-0.39, 0.29) is 0 Å². The van der Waals surface area contributed by atoms with Crippen molar-refractivity contribution in [2.45, 2.75) is 18.8 Å². The van der Waals surface area contributed by atoms with Crippen molar-refractivity contribution in [3.05, 3.63) is 24.1 Å². The molecule has 0 amide bonds. The highest BCUT2D eigenvalue weighted by atomic mass is 16.4. The Morgan fingerprint density at radius 3 is 2.85 bits per heavy atom. The molecule has 1 aromatic heterocycles. The second kappa shape index (κ2) is 2.37. The minimum Gasteiger partial charge on any atom is -0.429 e. The quantitative estimate of drug-likeness (QED) is 0.665. The summed E-state index contributed by atoms with van der Waals surface area (Å²) < 4.78 is 5.35. The molecule has 2 bridgehead atoms. The maximum atomic E-state index is 5.45. The fourth-order valence-corrected chi connectivity index (χ4v) is 2.58. The van der Waals surface area contributed by atoms with Crippen LogP contribution in [0.4, 0.5) is 6.01 Å². The van der Waals surface area contributed by atoms with Crippen molar-refractivity contribution < 1.29 is 4.42 Å². The second-order valence-electron chi connectivity index (χ2n) is 3.99. The van der Waals surface area contributed by atoms with Gasteiger partial charge in [-0.05, 0) is 24.7 Å². The molecule has 3 heteroatoms. The molecule has 68 valence electrons. The molecule has 2 N–H and O–H groups in total. The average molecular weight is 176 g/mol. The van der Waals surface area contributed by atoms with Gasteiger partial charge in [0.05, 0.1) is 6.20 Å². The number of rotatable bonds is 1. The molecule has 1 saturated carbocycles. The van der Waals surface area contributed by atoms with Crippen molar-refractivity contribution in [3.8, 4) is 0 Å². The van der Waals surface area contributed by atoms with Crippen molar-refractivity contribution in [1.82, 2.24) is 4.98 Å². The van der Waals surface area contributed by atoms with Crippen LogP contribution >= 0.6 is 0 Å². The summed E-state index contributed by atoms with van der Waals surface area (Å²) in [7, 11) is 0. The molecule has 1 heterocycles. The Morgan fingerprint density at radius 1 is 1.38 bits per heavy atom. The van der Waals surface area contributed by atoms with E-state index in [1.165, 1.54) is 12.8 Å². The number of hydrogen-bond acceptors (Lipinski definition) is 3. The van der Waals surface area contributed by atoms with E-state index < -0.39 is 0 Å². The molecule has 3 unspecified atom stereocenters. The molecule has 3 rings (SSSR count). The molecule has 1 fully saturated rings. The summed E-state index contributed by atoms with van der Waals surface area (Å²) in [4.78, 5) is 3.93. The smallest absolute Gasteiger partial charge is 0.292 e. The van der Waals surface area contributed by atoms with Gasteiger partial charge in [-0.1, -0.05) is 12.2 Å².